The van der Waals surface area contributed by atoms with Crippen LogP contribution in [0.2, 0.25) is 0 Å². The molecule has 67 heavy (non-hydrogen) atoms. The first-order chi connectivity index (χ1) is 33.1. The van der Waals surface area contributed by atoms with Crippen molar-refractivity contribution in [1.82, 2.24) is 4.57 Å². The predicted molar refractivity (Wildman–Crippen MR) is 292 cm³/mol. The molecule has 0 amide bonds. The fourth-order valence-electron chi connectivity index (χ4n) is 10.7. The molecule has 0 spiro atoms. The maximum absolute atomic E-state index is 4.05. The van der Waals surface area contributed by atoms with Gasteiger partial charge >= 0.3 is 0 Å². The van der Waals surface area contributed by atoms with Crippen LogP contribution >= 0.6 is 11.3 Å². The highest BCUT2D eigenvalue weighted by Crippen LogP contribution is 2.48. The third-order valence-electron chi connectivity index (χ3n) is 14.0. The molecule has 2 aromatic heterocycles. The van der Waals surface area contributed by atoms with Gasteiger partial charge in [-0.15, -0.1) is 11.3 Å². The van der Waals surface area contributed by atoms with Gasteiger partial charge in [0.05, 0.1) is 16.7 Å². The second kappa shape index (κ2) is 17.6. The maximum Gasteiger partial charge on any atom is 0.197 e. The van der Waals surface area contributed by atoms with Gasteiger partial charge in [0.25, 0.3) is 0 Å². The Morgan fingerprint density at radius 3 is 1.90 bits per heavy atom. The number of anilines is 5. The molecule has 9 aromatic carbocycles. The van der Waals surface area contributed by atoms with Crippen LogP contribution in [-0.2, 0) is 12.8 Å². The standard InChI is InChI=1S/C62H53BN3S/c1-3-5-9-19-41-29-32-45(33-30-41)64-54-38-51-50-36-43-21-15-16-22-44(43)37-58(50)67-59(51)40-49(54)52-39-57(65(46-23-11-7-12-24-46)47-25-13-8-14-26-47)60-48-27-17-18-28-55(48)66-56-34-31-42(20-10-6-4-2)35-53(56)63-61(52)62(60)66/h7-8,11-18,21-40,64H,3-6,9-10,19-20H2,1-2H3. The Bertz CT molecular complexity index is 3570. The van der Waals surface area contributed by atoms with Gasteiger partial charge in [-0.05, 0) is 137 Å². The molecule has 325 valence electrons. The van der Waals surface area contributed by atoms with E-state index in [1.165, 1.54) is 130 Å². The molecule has 3 heterocycles. The number of hydrogen-bond acceptors (Lipinski definition) is 3. The number of benzene rings is 9. The SMILES string of the molecule is CCCCCc1ccc(Nc2cc3c(cc2-c2cc(N(c4ccccc4)c4ccccc4)c4c5ccccc5n5c4c2[B]c2cc(CCCCC)ccc2-5)sc2cc4ccccc4cc23)cc1. The topological polar surface area (TPSA) is 20.2 Å². The second-order valence-electron chi connectivity index (χ2n) is 18.4. The highest BCUT2D eigenvalue weighted by molar-refractivity contribution is 7.26. The molecule has 12 rings (SSSR count). The first kappa shape index (κ1) is 41.4. The van der Waals surface area contributed by atoms with Gasteiger partial charge in [0.1, 0.15) is 0 Å². The summed E-state index contributed by atoms with van der Waals surface area (Å²) < 4.78 is 5.16. The van der Waals surface area contributed by atoms with E-state index in [4.69, 9.17) is 0 Å². The summed E-state index contributed by atoms with van der Waals surface area (Å²) in [4.78, 5) is 2.47. The molecule has 1 aliphatic rings. The summed E-state index contributed by atoms with van der Waals surface area (Å²) in [6.07, 6.45) is 9.56. The number of nitrogens with zero attached hydrogens (tertiary/aromatic N) is 2. The Kier molecular flexibility index (Phi) is 10.9. The number of para-hydroxylation sites is 3. The van der Waals surface area contributed by atoms with Gasteiger partial charge in [0.15, 0.2) is 7.28 Å². The van der Waals surface area contributed by atoms with Crippen LogP contribution in [0.15, 0.2) is 182 Å². The van der Waals surface area contributed by atoms with Crippen molar-refractivity contribution in [2.75, 3.05) is 10.2 Å². The Labute approximate surface area is 398 Å². The zero-order valence-corrected chi connectivity index (χ0v) is 39.2. The Balaban J connectivity index is 1.16. The van der Waals surface area contributed by atoms with Crippen LogP contribution in [0.1, 0.15) is 63.5 Å². The predicted octanol–water partition coefficient (Wildman–Crippen LogP) is 16.6. The van der Waals surface area contributed by atoms with Crippen molar-refractivity contribution < 1.29 is 0 Å². The molecule has 11 aromatic rings. The summed E-state index contributed by atoms with van der Waals surface area (Å²) in [7, 11) is 2.51. The van der Waals surface area contributed by atoms with Crippen LogP contribution < -0.4 is 21.1 Å². The largest absolute Gasteiger partial charge is 0.355 e. The monoisotopic (exact) mass is 882 g/mol. The van der Waals surface area contributed by atoms with Crippen LogP contribution in [0.5, 0.6) is 0 Å². The summed E-state index contributed by atoms with van der Waals surface area (Å²) in [5.41, 5.74) is 17.0. The van der Waals surface area contributed by atoms with Crippen LogP contribution in [-0.4, -0.2) is 11.8 Å². The molecule has 0 saturated heterocycles. The van der Waals surface area contributed by atoms with Crippen molar-refractivity contribution in [1.29, 1.82) is 0 Å². The highest BCUT2D eigenvalue weighted by atomic mass is 32.1. The normalized spacial score (nSPS) is 12.0. The van der Waals surface area contributed by atoms with Crippen LogP contribution in [0.4, 0.5) is 28.4 Å². The molecule has 5 heteroatoms. The van der Waals surface area contributed by atoms with Gasteiger partial charge in [-0.25, -0.2) is 0 Å². The zero-order valence-electron chi connectivity index (χ0n) is 38.4. The number of hydrogen-bond donors (Lipinski definition) is 1. The minimum atomic E-state index is 1.08. The van der Waals surface area contributed by atoms with E-state index in [9.17, 15) is 0 Å². The van der Waals surface area contributed by atoms with E-state index >= 15 is 0 Å². The molecule has 0 saturated carbocycles. The third-order valence-corrected chi connectivity index (χ3v) is 15.1. The van der Waals surface area contributed by atoms with Crippen LogP contribution in [0.25, 0.3) is 69.6 Å². The molecule has 0 unspecified atom stereocenters. The Morgan fingerprint density at radius 1 is 0.537 bits per heavy atom. The Morgan fingerprint density at radius 2 is 1.16 bits per heavy atom. The van der Waals surface area contributed by atoms with Crippen molar-refractivity contribution in [3.63, 3.8) is 0 Å². The lowest BCUT2D eigenvalue weighted by Crippen LogP contribution is -2.37. The van der Waals surface area contributed by atoms with E-state index < -0.39 is 0 Å². The van der Waals surface area contributed by atoms with Crippen molar-refractivity contribution in [3.05, 3.63) is 193 Å². The molecular formula is C62H53BN3S. The number of fused-ring (bicyclic) bond motifs is 9. The summed E-state index contributed by atoms with van der Waals surface area (Å²) >= 11 is 1.90. The highest BCUT2D eigenvalue weighted by Gasteiger charge is 2.31. The molecule has 0 bridgehead atoms. The minimum Gasteiger partial charge on any atom is -0.355 e. The summed E-state index contributed by atoms with van der Waals surface area (Å²) in [5, 5.41) is 11.7. The van der Waals surface area contributed by atoms with Gasteiger partial charge in [-0.1, -0.05) is 148 Å². The molecule has 0 atom stereocenters. The van der Waals surface area contributed by atoms with E-state index in [-0.39, 0.29) is 0 Å². The molecule has 3 nitrogen and oxygen atoms in total. The number of nitrogens with one attached hydrogen (secondary N) is 1. The molecule has 1 radical (unpaired) electrons. The second-order valence-corrected chi connectivity index (χ2v) is 19.5. The van der Waals surface area contributed by atoms with Crippen molar-refractivity contribution >= 4 is 111 Å². The van der Waals surface area contributed by atoms with Gasteiger partial charge in [0.2, 0.25) is 0 Å². The molecule has 0 fully saturated rings. The van der Waals surface area contributed by atoms with E-state index in [1.807, 2.05) is 11.3 Å². The van der Waals surface area contributed by atoms with Gasteiger partial charge in [-0.2, -0.15) is 0 Å². The lowest BCUT2D eigenvalue weighted by atomic mass is 9.58. The van der Waals surface area contributed by atoms with Gasteiger partial charge < -0.3 is 14.8 Å². The zero-order chi connectivity index (χ0) is 44.8. The third kappa shape index (κ3) is 7.47. The smallest absolute Gasteiger partial charge is 0.197 e. The fourth-order valence-corrected chi connectivity index (χ4v) is 11.8. The number of aryl methyl sites for hydroxylation is 2. The van der Waals surface area contributed by atoms with E-state index in [1.54, 1.807) is 0 Å². The fraction of sp³-hybridized carbons (Fsp3) is 0.161. The first-order valence-corrected chi connectivity index (χ1v) is 25.2. The maximum atomic E-state index is 4.05. The number of rotatable bonds is 14. The quantitative estimate of drug-likeness (QED) is 0.0867. The number of unbranched alkanes of at least 4 members (excludes halogenated alkanes) is 4. The van der Waals surface area contributed by atoms with Crippen LogP contribution in [0.3, 0.4) is 0 Å². The minimum absolute atomic E-state index is 1.08. The summed E-state index contributed by atoms with van der Waals surface area (Å²) in [5.74, 6) is 0. The number of aromatic nitrogens is 1. The van der Waals surface area contributed by atoms with E-state index in [2.05, 4.69) is 218 Å². The average Bonchev–Trinajstić information content (AvgIpc) is 3.90. The van der Waals surface area contributed by atoms with E-state index in [0.29, 0.717) is 0 Å². The molecular weight excluding hydrogens is 830 g/mol. The van der Waals surface area contributed by atoms with Crippen molar-refractivity contribution in [2.24, 2.45) is 0 Å². The lowest BCUT2D eigenvalue weighted by molar-refractivity contribution is 0.717. The molecule has 0 aliphatic carbocycles. The molecule has 1 N–H and O–H groups in total. The van der Waals surface area contributed by atoms with Gasteiger partial charge in [0, 0.05) is 64.9 Å². The van der Waals surface area contributed by atoms with Gasteiger partial charge in [-0.3, -0.25) is 0 Å². The summed E-state index contributed by atoms with van der Waals surface area (Å²) in [6.45, 7) is 4.57. The lowest BCUT2D eigenvalue weighted by Gasteiger charge is -2.30. The average molecular weight is 883 g/mol. The van der Waals surface area contributed by atoms with Crippen molar-refractivity contribution in [2.45, 2.75) is 65.2 Å². The van der Waals surface area contributed by atoms with Crippen molar-refractivity contribution in [3.8, 4) is 16.8 Å². The van der Waals surface area contributed by atoms with E-state index in [0.717, 1.165) is 41.3 Å². The summed E-state index contributed by atoms with van der Waals surface area (Å²) in [6, 6.07) is 68.2. The van der Waals surface area contributed by atoms with Crippen LogP contribution in [0, 0.1) is 0 Å². The Hall–Kier alpha value is -7.08. The molecule has 1 aliphatic heterocycles. The first-order valence-electron chi connectivity index (χ1n) is 24.4. The number of thiophene rings is 1.